The van der Waals surface area contributed by atoms with Crippen LogP contribution in [0.3, 0.4) is 0 Å². The molecule has 4 heterocycles. The largest absolute Gasteiger partial charge is 0.399 e. The molecule has 1 fully saturated rings. The van der Waals surface area contributed by atoms with Crippen LogP contribution in [-0.2, 0) is 7.05 Å². The molecule has 0 radical (unpaired) electrons. The molecule has 0 bridgehead atoms. The fourth-order valence-electron chi connectivity index (χ4n) is 3.87. The highest BCUT2D eigenvalue weighted by Gasteiger charge is 2.21. The molecule has 0 amide bonds. The first-order chi connectivity index (χ1) is 14.6. The Labute approximate surface area is 174 Å². The third-order valence-electron chi connectivity index (χ3n) is 5.69. The fourth-order valence-corrected chi connectivity index (χ4v) is 3.87. The van der Waals surface area contributed by atoms with Crippen molar-refractivity contribution < 1.29 is 0 Å². The SMILES string of the molecule is Cn1ncc2cc(-c3cnc(N4CCC(N)CC4)nc3-c3ccc(N)cc3)ncc21. The molecule has 0 spiro atoms. The lowest BCUT2D eigenvalue weighted by Gasteiger charge is -2.30. The lowest BCUT2D eigenvalue weighted by atomic mass is 10.0. The number of nitrogens with two attached hydrogens (primary N) is 2. The fraction of sp³-hybridized carbons (Fsp3) is 0.273. The molecule has 1 aromatic carbocycles. The van der Waals surface area contributed by atoms with Gasteiger partial charge in [-0.1, -0.05) is 12.1 Å². The number of aryl methyl sites for hydroxylation is 1. The minimum Gasteiger partial charge on any atom is -0.399 e. The third-order valence-corrected chi connectivity index (χ3v) is 5.69. The maximum atomic E-state index is 6.06. The molecule has 4 aromatic rings. The normalized spacial score (nSPS) is 15.1. The number of nitrogen functional groups attached to an aromatic ring is 1. The summed E-state index contributed by atoms with van der Waals surface area (Å²) in [7, 11) is 1.91. The van der Waals surface area contributed by atoms with Crippen LogP contribution in [0, 0.1) is 0 Å². The van der Waals surface area contributed by atoms with Gasteiger partial charge in [-0.2, -0.15) is 5.10 Å². The van der Waals surface area contributed by atoms with Crippen molar-refractivity contribution in [2.24, 2.45) is 12.8 Å². The number of hydrogen-bond acceptors (Lipinski definition) is 7. The quantitative estimate of drug-likeness (QED) is 0.508. The summed E-state index contributed by atoms with van der Waals surface area (Å²) in [5, 5.41) is 5.34. The van der Waals surface area contributed by atoms with Gasteiger partial charge in [-0.3, -0.25) is 9.67 Å². The molecule has 0 atom stereocenters. The van der Waals surface area contributed by atoms with Crippen LogP contribution in [0.25, 0.3) is 33.4 Å². The van der Waals surface area contributed by atoms with E-state index in [9.17, 15) is 0 Å². The summed E-state index contributed by atoms with van der Waals surface area (Å²) in [6.07, 6.45) is 7.44. The summed E-state index contributed by atoms with van der Waals surface area (Å²) in [4.78, 5) is 16.5. The molecule has 8 nitrogen and oxygen atoms in total. The number of rotatable bonds is 3. The summed E-state index contributed by atoms with van der Waals surface area (Å²) < 4.78 is 1.81. The first-order valence-electron chi connectivity index (χ1n) is 10.1. The predicted octanol–water partition coefficient (Wildman–Crippen LogP) is 2.60. The average molecular weight is 400 g/mol. The Hall–Kier alpha value is -3.52. The molecule has 3 aromatic heterocycles. The van der Waals surface area contributed by atoms with Gasteiger partial charge in [0.1, 0.15) is 0 Å². The standard InChI is InChI=1S/C22H24N8/c1-29-20-13-25-19(10-15(20)11-27-29)18-12-26-22(30-8-6-17(24)7-9-30)28-21(18)14-2-4-16(23)5-3-14/h2-5,10-13,17H,6-9,23-24H2,1H3. The van der Waals surface area contributed by atoms with E-state index in [4.69, 9.17) is 16.5 Å². The van der Waals surface area contributed by atoms with Gasteiger partial charge in [-0.25, -0.2) is 9.97 Å². The highest BCUT2D eigenvalue weighted by Crippen LogP contribution is 2.32. The molecule has 1 saturated heterocycles. The number of benzene rings is 1. The van der Waals surface area contributed by atoms with Gasteiger partial charge >= 0.3 is 0 Å². The highest BCUT2D eigenvalue weighted by molar-refractivity contribution is 5.86. The van der Waals surface area contributed by atoms with Gasteiger partial charge in [0.2, 0.25) is 5.95 Å². The zero-order valence-corrected chi connectivity index (χ0v) is 16.9. The molecule has 4 N–H and O–H groups in total. The number of hydrogen-bond donors (Lipinski definition) is 2. The predicted molar refractivity (Wildman–Crippen MR) is 119 cm³/mol. The third kappa shape index (κ3) is 3.35. The zero-order valence-electron chi connectivity index (χ0n) is 16.9. The molecule has 0 unspecified atom stereocenters. The number of anilines is 2. The van der Waals surface area contributed by atoms with Gasteiger partial charge in [-0.05, 0) is 31.0 Å². The van der Waals surface area contributed by atoms with E-state index in [1.807, 2.05) is 60.7 Å². The van der Waals surface area contributed by atoms with Crippen molar-refractivity contribution in [2.75, 3.05) is 23.7 Å². The molecule has 30 heavy (non-hydrogen) atoms. The van der Waals surface area contributed by atoms with Crippen LogP contribution in [0.5, 0.6) is 0 Å². The van der Waals surface area contributed by atoms with Crippen LogP contribution < -0.4 is 16.4 Å². The Balaban J connectivity index is 1.62. The molecule has 1 aliphatic heterocycles. The molecular weight excluding hydrogens is 376 g/mol. The lowest BCUT2D eigenvalue weighted by molar-refractivity contribution is 0.495. The molecule has 8 heteroatoms. The van der Waals surface area contributed by atoms with Crippen molar-refractivity contribution >= 4 is 22.5 Å². The zero-order chi connectivity index (χ0) is 20.7. The first kappa shape index (κ1) is 18.5. The number of fused-ring (bicyclic) bond motifs is 1. The van der Waals surface area contributed by atoms with Gasteiger partial charge in [0.15, 0.2) is 0 Å². The minimum atomic E-state index is 0.257. The monoisotopic (exact) mass is 400 g/mol. The van der Waals surface area contributed by atoms with Gasteiger partial charge in [0.05, 0.1) is 29.3 Å². The van der Waals surface area contributed by atoms with Crippen molar-refractivity contribution in [3.05, 3.63) is 48.9 Å². The van der Waals surface area contributed by atoms with E-state index < -0.39 is 0 Å². The van der Waals surface area contributed by atoms with Gasteiger partial charge in [0, 0.05) is 54.6 Å². The summed E-state index contributed by atoms with van der Waals surface area (Å²) >= 11 is 0. The van der Waals surface area contributed by atoms with Crippen molar-refractivity contribution in [2.45, 2.75) is 18.9 Å². The second-order valence-corrected chi connectivity index (χ2v) is 7.78. The van der Waals surface area contributed by atoms with Crippen molar-refractivity contribution in [1.29, 1.82) is 0 Å². The molecule has 5 rings (SSSR count). The van der Waals surface area contributed by atoms with Crippen LogP contribution in [0.1, 0.15) is 12.8 Å². The summed E-state index contributed by atoms with van der Waals surface area (Å²) in [5.74, 6) is 0.722. The Morgan fingerprint density at radius 3 is 2.53 bits per heavy atom. The Bertz CT molecular complexity index is 1190. The summed E-state index contributed by atoms with van der Waals surface area (Å²) in [5.41, 5.74) is 17.2. The average Bonchev–Trinajstić information content (AvgIpc) is 3.14. The van der Waals surface area contributed by atoms with Gasteiger partial charge in [0.25, 0.3) is 0 Å². The van der Waals surface area contributed by atoms with Crippen molar-refractivity contribution in [3.8, 4) is 22.5 Å². The van der Waals surface area contributed by atoms with E-state index >= 15 is 0 Å². The molecular formula is C22H24N8. The van der Waals surface area contributed by atoms with Crippen LogP contribution >= 0.6 is 0 Å². The van der Waals surface area contributed by atoms with E-state index in [2.05, 4.69) is 20.0 Å². The van der Waals surface area contributed by atoms with E-state index in [-0.39, 0.29) is 6.04 Å². The smallest absolute Gasteiger partial charge is 0.225 e. The summed E-state index contributed by atoms with van der Waals surface area (Å²) in [6, 6.07) is 10.0. The maximum absolute atomic E-state index is 6.06. The Morgan fingerprint density at radius 2 is 1.77 bits per heavy atom. The van der Waals surface area contributed by atoms with Crippen LogP contribution in [0.4, 0.5) is 11.6 Å². The highest BCUT2D eigenvalue weighted by atomic mass is 15.3. The maximum Gasteiger partial charge on any atom is 0.225 e. The second-order valence-electron chi connectivity index (χ2n) is 7.78. The number of piperidine rings is 1. The van der Waals surface area contributed by atoms with Gasteiger partial charge < -0.3 is 16.4 Å². The summed E-state index contributed by atoms with van der Waals surface area (Å²) in [6.45, 7) is 1.73. The van der Waals surface area contributed by atoms with Crippen LogP contribution in [0.15, 0.2) is 48.9 Å². The number of pyridine rings is 1. The number of nitrogens with zero attached hydrogens (tertiary/aromatic N) is 6. The Kier molecular flexibility index (Phi) is 4.55. The van der Waals surface area contributed by atoms with Crippen LogP contribution in [0.2, 0.25) is 0 Å². The van der Waals surface area contributed by atoms with E-state index in [1.54, 1.807) is 0 Å². The Morgan fingerprint density at radius 1 is 1.00 bits per heavy atom. The van der Waals surface area contributed by atoms with Crippen molar-refractivity contribution in [1.82, 2.24) is 24.7 Å². The topological polar surface area (TPSA) is 112 Å². The van der Waals surface area contributed by atoms with Gasteiger partial charge in [-0.15, -0.1) is 0 Å². The van der Waals surface area contributed by atoms with Crippen molar-refractivity contribution in [3.63, 3.8) is 0 Å². The van der Waals surface area contributed by atoms with Crippen LogP contribution in [-0.4, -0.2) is 43.9 Å². The molecule has 152 valence electrons. The first-order valence-corrected chi connectivity index (χ1v) is 10.1. The number of aromatic nitrogens is 5. The van der Waals surface area contributed by atoms with E-state index in [1.165, 1.54) is 0 Å². The molecule has 0 saturated carbocycles. The molecule has 1 aliphatic rings. The minimum absolute atomic E-state index is 0.257. The molecule has 0 aliphatic carbocycles. The van der Waals surface area contributed by atoms with E-state index in [0.717, 1.165) is 71.0 Å². The van der Waals surface area contributed by atoms with E-state index in [0.29, 0.717) is 0 Å². The second kappa shape index (κ2) is 7.38. The lowest BCUT2D eigenvalue weighted by Crippen LogP contribution is -2.40.